The van der Waals surface area contributed by atoms with Crippen molar-refractivity contribution in [2.75, 3.05) is 0 Å². The maximum atomic E-state index is 11.3. The van der Waals surface area contributed by atoms with Crippen LogP contribution in [0.25, 0.3) is 11.1 Å². The number of nitrogens with zero attached hydrogens (tertiary/aromatic N) is 2. The molecule has 5 nitrogen and oxygen atoms in total. The number of nitro benzene ring substituents is 1. The Hall–Kier alpha value is -1.82. The summed E-state index contributed by atoms with van der Waals surface area (Å²) in [7, 11) is 0. The van der Waals surface area contributed by atoms with Crippen LogP contribution in [0.4, 0.5) is 5.69 Å². The Balaban J connectivity index is 2.50. The first-order chi connectivity index (χ1) is 9.93. The first kappa shape index (κ1) is 14.1. The molecule has 0 fully saturated rings. The Morgan fingerprint density at radius 3 is 2.14 bits per heavy atom. The van der Waals surface area contributed by atoms with Gasteiger partial charge in [0.05, 0.1) is 15.5 Å². The second-order valence-electron chi connectivity index (χ2n) is 4.36. The molecule has 0 amide bonds. The summed E-state index contributed by atoms with van der Waals surface area (Å²) in [4.78, 5) is 10.7. The highest BCUT2D eigenvalue weighted by Gasteiger charge is 2.35. The van der Waals surface area contributed by atoms with Gasteiger partial charge in [-0.05, 0) is 18.2 Å². The minimum Gasteiger partial charge on any atom is -0.410 e. The fourth-order valence-corrected chi connectivity index (χ4v) is 3.25. The Kier molecular flexibility index (Phi) is 3.28. The lowest BCUT2D eigenvalue weighted by Crippen LogP contribution is -1.99. The predicted molar refractivity (Wildman–Crippen MR) is 81.0 cm³/mol. The van der Waals surface area contributed by atoms with Gasteiger partial charge in [0.25, 0.3) is 5.69 Å². The molecule has 0 saturated carbocycles. The van der Waals surface area contributed by atoms with Gasteiger partial charge < -0.3 is 5.21 Å². The van der Waals surface area contributed by atoms with Gasteiger partial charge in [-0.3, -0.25) is 10.1 Å². The van der Waals surface area contributed by atoms with Crippen LogP contribution in [-0.2, 0) is 0 Å². The standard InChI is InChI=1S/C13H5Cl3N2O3/c14-5-1-7-11(9(16)3-5)12-8(13(7)17-19)2-6(15)4-10(12)18(20)21/h1-4,19H/b17-13-. The van der Waals surface area contributed by atoms with Gasteiger partial charge in [0, 0.05) is 32.8 Å². The van der Waals surface area contributed by atoms with Crippen LogP contribution in [0.5, 0.6) is 0 Å². The zero-order valence-electron chi connectivity index (χ0n) is 10.1. The average Bonchev–Trinajstić information content (AvgIpc) is 2.70. The zero-order valence-corrected chi connectivity index (χ0v) is 12.4. The normalized spacial score (nSPS) is 14.1. The molecule has 0 atom stereocenters. The lowest BCUT2D eigenvalue weighted by atomic mass is 10.0. The van der Waals surface area contributed by atoms with E-state index < -0.39 is 4.92 Å². The molecule has 0 heterocycles. The molecule has 0 spiro atoms. The number of hydrogen-bond donors (Lipinski definition) is 1. The lowest BCUT2D eigenvalue weighted by molar-refractivity contribution is -0.384. The second kappa shape index (κ2) is 4.87. The van der Waals surface area contributed by atoms with E-state index in [1.54, 1.807) is 0 Å². The molecule has 106 valence electrons. The highest BCUT2D eigenvalue weighted by atomic mass is 35.5. The van der Waals surface area contributed by atoms with Crippen molar-refractivity contribution in [2.24, 2.45) is 5.16 Å². The van der Waals surface area contributed by atoms with Crippen LogP contribution < -0.4 is 0 Å². The van der Waals surface area contributed by atoms with E-state index in [9.17, 15) is 15.3 Å². The molecule has 1 N–H and O–H groups in total. The van der Waals surface area contributed by atoms with E-state index in [-0.39, 0.29) is 27.0 Å². The van der Waals surface area contributed by atoms with Gasteiger partial charge in [-0.15, -0.1) is 0 Å². The smallest absolute Gasteiger partial charge is 0.279 e. The molecule has 2 aromatic rings. The third-order valence-corrected chi connectivity index (χ3v) is 3.93. The number of rotatable bonds is 1. The van der Waals surface area contributed by atoms with Crippen molar-refractivity contribution in [3.8, 4) is 11.1 Å². The van der Waals surface area contributed by atoms with Crippen LogP contribution in [0.2, 0.25) is 15.1 Å². The summed E-state index contributed by atoms with van der Waals surface area (Å²) in [5, 5.41) is 24.5. The Labute approximate surface area is 133 Å². The number of fused-ring (bicyclic) bond motifs is 3. The van der Waals surface area contributed by atoms with Crippen molar-refractivity contribution < 1.29 is 10.1 Å². The van der Waals surface area contributed by atoms with Gasteiger partial charge in [-0.1, -0.05) is 40.0 Å². The van der Waals surface area contributed by atoms with Crippen LogP contribution in [-0.4, -0.2) is 15.8 Å². The van der Waals surface area contributed by atoms with E-state index in [4.69, 9.17) is 34.8 Å². The van der Waals surface area contributed by atoms with Gasteiger partial charge in [0.2, 0.25) is 0 Å². The van der Waals surface area contributed by atoms with Crippen molar-refractivity contribution in [3.63, 3.8) is 0 Å². The van der Waals surface area contributed by atoms with Crippen molar-refractivity contribution in [3.05, 3.63) is 60.6 Å². The minimum atomic E-state index is -0.556. The van der Waals surface area contributed by atoms with Gasteiger partial charge in [-0.25, -0.2) is 0 Å². The number of halogens is 3. The maximum Gasteiger partial charge on any atom is 0.279 e. The van der Waals surface area contributed by atoms with Crippen LogP contribution in [0.1, 0.15) is 11.1 Å². The molecular weight excluding hydrogens is 339 g/mol. The van der Waals surface area contributed by atoms with Crippen molar-refractivity contribution in [1.82, 2.24) is 0 Å². The van der Waals surface area contributed by atoms with E-state index >= 15 is 0 Å². The topological polar surface area (TPSA) is 75.7 Å². The molecule has 1 aliphatic carbocycles. The highest BCUT2D eigenvalue weighted by molar-refractivity contribution is 6.41. The lowest BCUT2D eigenvalue weighted by Gasteiger charge is -2.05. The maximum absolute atomic E-state index is 11.3. The van der Waals surface area contributed by atoms with Gasteiger partial charge in [0.15, 0.2) is 0 Å². The van der Waals surface area contributed by atoms with E-state index in [1.165, 1.54) is 24.3 Å². The number of benzene rings is 2. The third kappa shape index (κ3) is 2.05. The minimum absolute atomic E-state index is 0.148. The second-order valence-corrected chi connectivity index (χ2v) is 5.64. The number of hydrogen-bond acceptors (Lipinski definition) is 4. The molecule has 0 saturated heterocycles. The molecule has 0 radical (unpaired) electrons. The summed E-state index contributed by atoms with van der Waals surface area (Å²) in [5.74, 6) is 0. The molecule has 21 heavy (non-hydrogen) atoms. The van der Waals surface area contributed by atoms with Crippen LogP contribution in [0, 0.1) is 10.1 Å². The van der Waals surface area contributed by atoms with E-state index in [0.29, 0.717) is 21.7 Å². The molecule has 2 aromatic carbocycles. The molecule has 0 aromatic heterocycles. The largest absolute Gasteiger partial charge is 0.410 e. The first-order valence-electron chi connectivity index (χ1n) is 5.64. The fourth-order valence-electron chi connectivity index (χ4n) is 2.45. The summed E-state index contributed by atoms with van der Waals surface area (Å²) in [5.41, 5.74) is 1.39. The number of oxime groups is 1. The van der Waals surface area contributed by atoms with Crippen molar-refractivity contribution in [2.45, 2.75) is 0 Å². The van der Waals surface area contributed by atoms with E-state index in [2.05, 4.69) is 5.16 Å². The molecule has 8 heteroatoms. The Morgan fingerprint density at radius 1 is 1.00 bits per heavy atom. The van der Waals surface area contributed by atoms with Crippen molar-refractivity contribution in [1.29, 1.82) is 0 Å². The summed E-state index contributed by atoms with van der Waals surface area (Å²) in [6.45, 7) is 0. The average molecular weight is 344 g/mol. The molecule has 3 rings (SSSR count). The predicted octanol–water partition coefficient (Wildman–Crippen LogP) is 4.76. The summed E-state index contributed by atoms with van der Waals surface area (Å²) in [6, 6.07) is 5.73. The molecule has 0 unspecified atom stereocenters. The summed E-state index contributed by atoms with van der Waals surface area (Å²) in [6.07, 6.45) is 0. The SMILES string of the molecule is O=[N+]([O-])c1cc(Cl)cc2c1-c1c(Cl)cc(Cl)cc1/C2=N/O. The van der Waals surface area contributed by atoms with Gasteiger partial charge in [-0.2, -0.15) is 0 Å². The Bertz CT molecular complexity index is 834. The van der Waals surface area contributed by atoms with E-state index in [0.717, 1.165) is 0 Å². The first-order valence-corrected chi connectivity index (χ1v) is 6.77. The van der Waals surface area contributed by atoms with Crippen molar-refractivity contribution >= 4 is 46.2 Å². The highest BCUT2D eigenvalue weighted by Crippen LogP contribution is 2.48. The van der Waals surface area contributed by atoms with Crippen LogP contribution in [0.15, 0.2) is 29.4 Å². The molecule has 1 aliphatic rings. The monoisotopic (exact) mass is 342 g/mol. The van der Waals surface area contributed by atoms with Gasteiger partial charge in [0.1, 0.15) is 5.71 Å². The Morgan fingerprint density at radius 2 is 1.57 bits per heavy atom. The quantitative estimate of drug-likeness (QED) is 0.393. The zero-order chi connectivity index (χ0) is 15.3. The van der Waals surface area contributed by atoms with Gasteiger partial charge >= 0.3 is 0 Å². The molecule has 0 aliphatic heterocycles. The molecule has 0 bridgehead atoms. The van der Waals surface area contributed by atoms with Crippen LogP contribution >= 0.6 is 34.8 Å². The fraction of sp³-hybridized carbons (Fsp3) is 0. The third-order valence-electron chi connectivity index (χ3n) is 3.19. The molecular formula is C13H5Cl3N2O3. The van der Waals surface area contributed by atoms with E-state index in [1.807, 2.05) is 0 Å². The summed E-state index contributed by atoms with van der Waals surface area (Å²) >= 11 is 18.0. The summed E-state index contributed by atoms with van der Waals surface area (Å²) < 4.78 is 0. The number of nitro groups is 1. The van der Waals surface area contributed by atoms with Crippen LogP contribution in [0.3, 0.4) is 0 Å².